The molecule has 1 saturated carbocycles. The maximum atomic E-state index is 13.2. The number of carbonyl (C=O) groups excluding carboxylic acids is 1. The molecule has 0 spiro atoms. The van der Waals surface area contributed by atoms with Gasteiger partial charge in [0.25, 0.3) is 0 Å². The Labute approximate surface area is 171 Å². The third-order valence-electron chi connectivity index (χ3n) is 5.86. The molecule has 0 unspecified atom stereocenters. The average Bonchev–Trinajstić information content (AvgIpc) is 3.55. The van der Waals surface area contributed by atoms with Crippen LogP contribution in [0.15, 0.2) is 59.5 Å². The van der Waals surface area contributed by atoms with E-state index in [1.807, 2.05) is 42.1 Å². The van der Waals surface area contributed by atoms with Crippen molar-refractivity contribution in [2.45, 2.75) is 40.7 Å². The molecule has 2 fully saturated rings. The minimum Gasteiger partial charge on any atom is -0.496 e. The molecule has 0 atom stereocenters. The lowest BCUT2D eigenvalue weighted by atomic mass is 9.93. The number of thioether (sulfide) groups is 1. The highest BCUT2D eigenvalue weighted by atomic mass is 32.2. The van der Waals surface area contributed by atoms with Crippen LogP contribution in [0.2, 0.25) is 0 Å². The van der Waals surface area contributed by atoms with E-state index in [-0.39, 0.29) is 10.7 Å². The van der Waals surface area contributed by atoms with Crippen LogP contribution in [0.3, 0.4) is 0 Å². The Balaban J connectivity index is 1.49. The van der Waals surface area contributed by atoms with Crippen molar-refractivity contribution in [2.75, 3.05) is 26.9 Å². The van der Waals surface area contributed by atoms with Crippen molar-refractivity contribution in [2.24, 2.45) is 0 Å². The molecule has 2 aromatic carbocycles. The fraction of sp³-hybridized carbons (Fsp3) is 0.435. The van der Waals surface area contributed by atoms with Gasteiger partial charge in [0.1, 0.15) is 5.75 Å². The number of carbonyl (C=O) groups is 1. The van der Waals surface area contributed by atoms with Crippen LogP contribution in [0.25, 0.3) is 0 Å². The SMILES string of the molecule is COc1ccccc1C1(C(=O)NCC2(Sc3ccccc3)CCOCC2)CC1. The first kappa shape index (κ1) is 19.3. The van der Waals surface area contributed by atoms with Crippen LogP contribution in [0, 0.1) is 0 Å². The smallest absolute Gasteiger partial charge is 0.230 e. The minimum atomic E-state index is -0.434. The molecule has 1 aliphatic carbocycles. The van der Waals surface area contributed by atoms with E-state index in [0.717, 1.165) is 50.2 Å². The zero-order valence-electron chi connectivity index (χ0n) is 16.3. The average molecular weight is 398 g/mol. The predicted octanol–water partition coefficient (Wildman–Crippen LogP) is 4.18. The van der Waals surface area contributed by atoms with Gasteiger partial charge in [0.2, 0.25) is 5.91 Å². The molecular formula is C23H27NO3S. The first-order valence-corrected chi connectivity index (χ1v) is 10.7. The van der Waals surface area contributed by atoms with Crippen molar-refractivity contribution < 1.29 is 14.3 Å². The number of nitrogens with one attached hydrogen (secondary N) is 1. The van der Waals surface area contributed by atoms with Crippen molar-refractivity contribution in [1.29, 1.82) is 0 Å². The van der Waals surface area contributed by atoms with Crippen molar-refractivity contribution >= 4 is 17.7 Å². The Morgan fingerprint density at radius 3 is 2.39 bits per heavy atom. The summed E-state index contributed by atoms with van der Waals surface area (Å²) in [6, 6.07) is 18.3. The molecule has 4 nitrogen and oxygen atoms in total. The number of hydrogen-bond donors (Lipinski definition) is 1. The standard InChI is InChI=1S/C23H27NO3S/c1-26-20-10-6-5-9-19(20)23(11-12-23)21(25)24-17-22(13-15-27-16-14-22)28-18-7-3-2-4-8-18/h2-10H,11-17H2,1H3,(H,24,25). The number of hydrogen-bond acceptors (Lipinski definition) is 4. The minimum absolute atomic E-state index is 0.0217. The van der Waals surface area contributed by atoms with Crippen molar-refractivity contribution in [1.82, 2.24) is 5.32 Å². The molecule has 148 valence electrons. The van der Waals surface area contributed by atoms with Gasteiger partial charge >= 0.3 is 0 Å². The first-order chi connectivity index (χ1) is 13.7. The summed E-state index contributed by atoms with van der Waals surface area (Å²) in [7, 11) is 1.67. The number of ether oxygens (including phenoxy) is 2. The molecule has 5 heteroatoms. The van der Waals surface area contributed by atoms with Crippen LogP contribution in [0.5, 0.6) is 5.75 Å². The summed E-state index contributed by atoms with van der Waals surface area (Å²) in [5.74, 6) is 0.922. The zero-order valence-corrected chi connectivity index (χ0v) is 17.1. The normalized spacial score (nSPS) is 19.6. The Kier molecular flexibility index (Phi) is 5.65. The second-order valence-electron chi connectivity index (χ2n) is 7.68. The molecule has 1 aliphatic heterocycles. The fourth-order valence-corrected chi connectivity index (χ4v) is 5.30. The summed E-state index contributed by atoms with van der Waals surface area (Å²) in [4.78, 5) is 14.5. The van der Waals surface area contributed by atoms with Crippen molar-refractivity contribution in [3.8, 4) is 5.75 Å². The van der Waals surface area contributed by atoms with Gasteiger partial charge in [0.15, 0.2) is 0 Å². The second kappa shape index (κ2) is 8.18. The van der Waals surface area contributed by atoms with E-state index in [1.54, 1.807) is 7.11 Å². The van der Waals surface area contributed by atoms with E-state index in [9.17, 15) is 4.79 Å². The van der Waals surface area contributed by atoms with E-state index in [1.165, 1.54) is 4.90 Å². The monoisotopic (exact) mass is 397 g/mol. The van der Waals surface area contributed by atoms with Gasteiger partial charge < -0.3 is 14.8 Å². The largest absolute Gasteiger partial charge is 0.496 e. The third kappa shape index (κ3) is 3.91. The number of para-hydroxylation sites is 1. The maximum Gasteiger partial charge on any atom is 0.230 e. The first-order valence-electron chi connectivity index (χ1n) is 9.91. The third-order valence-corrected chi connectivity index (χ3v) is 7.35. The van der Waals surface area contributed by atoms with E-state index >= 15 is 0 Å². The molecule has 1 N–H and O–H groups in total. The highest BCUT2D eigenvalue weighted by molar-refractivity contribution is 8.00. The van der Waals surface area contributed by atoms with Crippen molar-refractivity contribution in [3.05, 3.63) is 60.2 Å². The summed E-state index contributed by atoms with van der Waals surface area (Å²) in [5.41, 5.74) is 0.572. The van der Waals surface area contributed by atoms with Crippen LogP contribution in [-0.2, 0) is 14.9 Å². The molecule has 2 aliphatic rings. The van der Waals surface area contributed by atoms with Crippen LogP contribution in [-0.4, -0.2) is 37.5 Å². The summed E-state index contributed by atoms with van der Waals surface area (Å²) in [5, 5.41) is 3.30. The molecular weight excluding hydrogens is 370 g/mol. The van der Waals surface area contributed by atoms with Crippen LogP contribution >= 0.6 is 11.8 Å². The molecule has 0 bridgehead atoms. The lowest BCUT2D eigenvalue weighted by Crippen LogP contribution is -2.47. The van der Waals surface area contributed by atoms with Gasteiger partial charge in [-0.25, -0.2) is 0 Å². The molecule has 2 aromatic rings. The lowest BCUT2D eigenvalue weighted by Gasteiger charge is -2.37. The van der Waals surface area contributed by atoms with E-state index < -0.39 is 5.41 Å². The lowest BCUT2D eigenvalue weighted by molar-refractivity contribution is -0.123. The van der Waals surface area contributed by atoms with E-state index in [4.69, 9.17) is 9.47 Å². The zero-order chi connectivity index (χ0) is 19.5. The van der Waals surface area contributed by atoms with Gasteiger partial charge in [0, 0.05) is 35.0 Å². The molecule has 0 radical (unpaired) electrons. The van der Waals surface area contributed by atoms with E-state index in [2.05, 4.69) is 29.6 Å². The summed E-state index contributed by atoms with van der Waals surface area (Å²) < 4.78 is 11.1. The number of amides is 1. The Bertz CT molecular complexity index is 814. The summed E-state index contributed by atoms with van der Waals surface area (Å²) in [6.45, 7) is 2.15. The maximum absolute atomic E-state index is 13.2. The molecule has 1 amide bonds. The quantitative estimate of drug-likeness (QED) is 0.761. The van der Waals surface area contributed by atoms with Crippen LogP contribution in [0.4, 0.5) is 0 Å². The topological polar surface area (TPSA) is 47.6 Å². The van der Waals surface area contributed by atoms with Gasteiger partial charge in [-0.05, 0) is 43.9 Å². The summed E-state index contributed by atoms with van der Waals surface area (Å²) >= 11 is 1.87. The fourth-order valence-electron chi connectivity index (χ4n) is 3.99. The van der Waals surface area contributed by atoms with Gasteiger partial charge in [0.05, 0.1) is 12.5 Å². The second-order valence-corrected chi connectivity index (χ2v) is 9.22. The van der Waals surface area contributed by atoms with Gasteiger partial charge in [-0.2, -0.15) is 0 Å². The predicted molar refractivity (Wildman–Crippen MR) is 112 cm³/mol. The van der Waals surface area contributed by atoms with Crippen LogP contribution < -0.4 is 10.1 Å². The molecule has 1 heterocycles. The van der Waals surface area contributed by atoms with Crippen LogP contribution in [0.1, 0.15) is 31.2 Å². The highest BCUT2D eigenvalue weighted by Crippen LogP contribution is 2.51. The Morgan fingerprint density at radius 2 is 1.71 bits per heavy atom. The van der Waals surface area contributed by atoms with Gasteiger partial charge in [-0.3, -0.25) is 4.79 Å². The summed E-state index contributed by atoms with van der Waals surface area (Å²) in [6.07, 6.45) is 3.63. The Hall–Kier alpha value is -1.98. The van der Waals surface area contributed by atoms with Crippen molar-refractivity contribution in [3.63, 3.8) is 0 Å². The molecule has 1 saturated heterocycles. The molecule has 4 rings (SSSR count). The van der Waals surface area contributed by atoms with Gasteiger partial charge in [-0.1, -0.05) is 36.4 Å². The highest BCUT2D eigenvalue weighted by Gasteiger charge is 2.53. The number of benzene rings is 2. The Morgan fingerprint density at radius 1 is 1.04 bits per heavy atom. The van der Waals surface area contributed by atoms with Gasteiger partial charge in [-0.15, -0.1) is 11.8 Å². The molecule has 28 heavy (non-hydrogen) atoms. The molecule has 0 aromatic heterocycles. The number of rotatable bonds is 7. The number of methoxy groups -OCH3 is 1. The van der Waals surface area contributed by atoms with E-state index in [0.29, 0.717) is 6.54 Å².